The summed E-state index contributed by atoms with van der Waals surface area (Å²) in [5.41, 5.74) is 14.7. The van der Waals surface area contributed by atoms with Gasteiger partial charge in [-0.1, -0.05) is 41.6 Å². The predicted octanol–water partition coefficient (Wildman–Crippen LogP) is 1.42. The number of rotatable bonds is 6. The Hall–Kier alpha value is -1.66. The Morgan fingerprint density at radius 1 is 1.44 bits per heavy atom. The first kappa shape index (κ1) is 14.4. The zero-order valence-electron chi connectivity index (χ0n) is 9.60. The van der Waals surface area contributed by atoms with Crippen LogP contribution < -0.4 is 5.73 Å². The number of hydrogen-bond donors (Lipinski definition) is 3. The molecule has 0 bridgehead atoms. The van der Waals surface area contributed by atoms with Crippen LogP contribution in [0.15, 0.2) is 29.4 Å². The van der Waals surface area contributed by atoms with Gasteiger partial charge in [-0.15, -0.1) is 0 Å². The van der Waals surface area contributed by atoms with Crippen LogP contribution in [0.2, 0.25) is 0 Å². The van der Waals surface area contributed by atoms with Crippen molar-refractivity contribution in [3.63, 3.8) is 0 Å². The van der Waals surface area contributed by atoms with Crippen LogP contribution in [0.25, 0.3) is 10.4 Å². The molecule has 0 aliphatic rings. The minimum atomic E-state index is -1.11. The van der Waals surface area contributed by atoms with Crippen molar-refractivity contribution in [3.8, 4) is 0 Å². The Kier molecular flexibility index (Phi) is 5.54. The van der Waals surface area contributed by atoms with Crippen LogP contribution >= 0.6 is 12.2 Å². The van der Waals surface area contributed by atoms with E-state index in [1.54, 1.807) is 24.3 Å². The van der Waals surface area contributed by atoms with Gasteiger partial charge in [0.2, 0.25) is 0 Å². The molecule has 1 rings (SSSR count). The van der Waals surface area contributed by atoms with Crippen molar-refractivity contribution in [2.24, 2.45) is 10.8 Å². The molecule has 2 atom stereocenters. The molecule has 0 aliphatic carbocycles. The van der Waals surface area contributed by atoms with Crippen molar-refractivity contribution >= 4 is 17.2 Å². The van der Waals surface area contributed by atoms with Crippen LogP contribution in [0.4, 0.5) is 0 Å². The van der Waals surface area contributed by atoms with Gasteiger partial charge in [-0.2, -0.15) is 0 Å². The Morgan fingerprint density at radius 3 is 2.72 bits per heavy atom. The number of nitrogens with zero attached hydrogens (tertiary/aromatic N) is 3. The largest absolute Gasteiger partial charge is 0.390 e. The molecule has 6 nitrogen and oxygen atoms in total. The molecule has 0 aromatic heterocycles. The van der Waals surface area contributed by atoms with E-state index in [0.717, 1.165) is 0 Å². The first-order valence-corrected chi connectivity index (χ1v) is 5.74. The van der Waals surface area contributed by atoms with E-state index >= 15 is 0 Å². The van der Waals surface area contributed by atoms with Crippen LogP contribution in [-0.4, -0.2) is 27.9 Å². The van der Waals surface area contributed by atoms with Crippen LogP contribution in [-0.2, 0) is 0 Å². The second kappa shape index (κ2) is 6.93. The lowest BCUT2D eigenvalue weighted by atomic mass is 9.97. The van der Waals surface area contributed by atoms with Gasteiger partial charge in [0.25, 0.3) is 0 Å². The second-order valence-corrected chi connectivity index (χ2v) is 4.15. The third kappa shape index (κ3) is 3.68. The summed E-state index contributed by atoms with van der Waals surface area (Å²) in [5.74, 6) is 0. The fraction of sp³-hybridized carbons (Fsp3) is 0.364. The second-order valence-electron chi connectivity index (χ2n) is 3.71. The first-order valence-electron chi connectivity index (χ1n) is 5.33. The van der Waals surface area contributed by atoms with E-state index in [0.29, 0.717) is 11.1 Å². The topological polar surface area (TPSA) is 115 Å². The van der Waals surface area contributed by atoms with E-state index in [2.05, 4.69) is 10.0 Å². The highest BCUT2D eigenvalue weighted by molar-refractivity contribution is 7.80. The minimum absolute atomic E-state index is 0.115. The maximum Gasteiger partial charge on any atom is 0.106 e. The van der Waals surface area contributed by atoms with E-state index in [-0.39, 0.29) is 18.0 Å². The van der Waals surface area contributed by atoms with Crippen molar-refractivity contribution in [3.05, 3.63) is 45.8 Å². The normalized spacial score (nSPS) is 13.4. The van der Waals surface area contributed by atoms with Gasteiger partial charge in [0.05, 0.1) is 6.10 Å². The van der Waals surface area contributed by atoms with Gasteiger partial charge >= 0.3 is 0 Å². The number of aliphatic hydroxyl groups excluding tert-OH is 2. The van der Waals surface area contributed by atoms with Gasteiger partial charge in [0.1, 0.15) is 11.1 Å². The third-order valence-corrected chi connectivity index (χ3v) is 2.72. The molecule has 1 aromatic carbocycles. The number of thiocarbonyl (C=S) groups is 1. The van der Waals surface area contributed by atoms with E-state index in [9.17, 15) is 10.2 Å². The average molecular weight is 266 g/mol. The highest BCUT2D eigenvalue weighted by Gasteiger charge is 2.21. The van der Waals surface area contributed by atoms with Crippen LogP contribution in [0.1, 0.15) is 23.7 Å². The zero-order chi connectivity index (χ0) is 13.5. The molecule has 0 fully saturated rings. The number of azide groups is 1. The molecule has 0 saturated carbocycles. The summed E-state index contributed by atoms with van der Waals surface area (Å²) in [7, 11) is 0. The monoisotopic (exact) mass is 266 g/mol. The summed E-state index contributed by atoms with van der Waals surface area (Å²) in [5, 5.41) is 23.1. The zero-order valence-corrected chi connectivity index (χ0v) is 10.4. The molecule has 0 heterocycles. The Balaban J connectivity index is 2.85. The van der Waals surface area contributed by atoms with Crippen LogP contribution in [0, 0.1) is 0 Å². The molecule has 96 valence electrons. The summed E-state index contributed by atoms with van der Waals surface area (Å²) in [4.78, 5) is 2.74. The van der Waals surface area contributed by atoms with E-state index in [4.69, 9.17) is 23.5 Å². The summed E-state index contributed by atoms with van der Waals surface area (Å²) >= 11 is 4.88. The Morgan fingerprint density at radius 2 is 2.11 bits per heavy atom. The molecule has 1 aromatic rings. The van der Waals surface area contributed by atoms with Crippen molar-refractivity contribution in [2.75, 3.05) is 6.54 Å². The smallest absolute Gasteiger partial charge is 0.106 e. The summed E-state index contributed by atoms with van der Waals surface area (Å²) in [6.45, 7) is 0.115. The highest BCUT2D eigenvalue weighted by Crippen LogP contribution is 2.22. The molecule has 2 unspecified atom stereocenters. The van der Waals surface area contributed by atoms with Crippen molar-refractivity contribution < 1.29 is 10.2 Å². The van der Waals surface area contributed by atoms with Gasteiger partial charge in [0.15, 0.2) is 0 Å². The van der Waals surface area contributed by atoms with Crippen molar-refractivity contribution in [1.82, 2.24) is 0 Å². The summed E-state index contributed by atoms with van der Waals surface area (Å²) in [6, 6.07) is 6.80. The SMILES string of the molecule is [N-]=[N+]=NCCC(O)C(O)c1ccccc1C(N)=S. The molecule has 7 heteroatoms. The Bertz CT molecular complexity index is 474. The molecule has 0 saturated heterocycles. The highest BCUT2D eigenvalue weighted by atomic mass is 32.1. The summed E-state index contributed by atoms with van der Waals surface area (Å²) in [6.07, 6.45) is -1.99. The van der Waals surface area contributed by atoms with Gasteiger partial charge in [-0.25, -0.2) is 0 Å². The molecule has 0 aliphatic heterocycles. The standard InChI is InChI=1S/C11H14N4O2S/c12-11(18)8-4-2-1-3-7(8)10(17)9(16)5-6-14-15-13/h1-4,9-10,16-17H,5-6H2,(H2,12,18). The van der Waals surface area contributed by atoms with E-state index in [1.165, 1.54) is 0 Å². The van der Waals surface area contributed by atoms with E-state index < -0.39 is 12.2 Å². The minimum Gasteiger partial charge on any atom is -0.390 e. The average Bonchev–Trinajstić information content (AvgIpc) is 2.38. The third-order valence-electron chi connectivity index (χ3n) is 2.50. The van der Waals surface area contributed by atoms with Crippen molar-refractivity contribution in [1.29, 1.82) is 0 Å². The number of nitrogens with two attached hydrogens (primary N) is 1. The lowest BCUT2D eigenvalue weighted by Gasteiger charge is -2.19. The van der Waals surface area contributed by atoms with Gasteiger partial charge < -0.3 is 15.9 Å². The van der Waals surface area contributed by atoms with E-state index in [1.807, 2.05) is 0 Å². The predicted molar refractivity (Wildman–Crippen MR) is 71.9 cm³/mol. The van der Waals surface area contributed by atoms with Crippen LogP contribution in [0.5, 0.6) is 0 Å². The fourth-order valence-electron chi connectivity index (χ4n) is 1.58. The lowest BCUT2D eigenvalue weighted by molar-refractivity contribution is 0.0149. The maximum absolute atomic E-state index is 10.0. The van der Waals surface area contributed by atoms with Crippen LogP contribution in [0.3, 0.4) is 0 Å². The van der Waals surface area contributed by atoms with Gasteiger partial charge in [-0.05, 0) is 17.5 Å². The molecule has 0 spiro atoms. The van der Waals surface area contributed by atoms with Gasteiger partial charge in [-0.3, -0.25) is 0 Å². The lowest BCUT2D eigenvalue weighted by Crippen LogP contribution is -2.23. The molecular weight excluding hydrogens is 252 g/mol. The Labute approximate surface area is 110 Å². The maximum atomic E-state index is 10.0. The van der Waals surface area contributed by atoms with Crippen molar-refractivity contribution in [2.45, 2.75) is 18.6 Å². The number of hydrogen-bond acceptors (Lipinski definition) is 4. The molecule has 0 amide bonds. The number of benzene rings is 1. The number of aliphatic hydroxyl groups is 2. The molecular formula is C11H14N4O2S. The fourth-order valence-corrected chi connectivity index (χ4v) is 1.77. The molecule has 0 radical (unpaired) electrons. The first-order chi connectivity index (χ1) is 8.57. The van der Waals surface area contributed by atoms with Gasteiger partial charge in [0, 0.05) is 17.0 Å². The molecule has 4 N–H and O–H groups in total. The molecule has 18 heavy (non-hydrogen) atoms. The quantitative estimate of drug-likeness (QED) is 0.312. The summed E-state index contributed by atoms with van der Waals surface area (Å²) < 4.78 is 0.